The molecule has 0 aliphatic carbocycles. The number of carbonyl (C=O) groups excluding carboxylic acids is 1. The number of likely N-dealkylation sites (N-methyl/N-ethyl adjacent to an activating group) is 1. The molecule has 5 heteroatoms. The zero-order valence-corrected chi connectivity index (χ0v) is 10.9. The predicted molar refractivity (Wildman–Crippen MR) is 72.5 cm³/mol. The van der Waals surface area contributed by atoms with Crippen LogP contribution in [0.3, 0.4) is 0 Å². The van der Waals surface area contributed by atoms with Crippen molar-refractivity contribution in [2.45, 2.75) is 25.3 Å². The van der Waals surface area contributed by atoms with Crippen molar-refractivity contribution >= 4 is 17.6 Å². The molecule has 2 N–H and O–H groups in total. The highest BCUT2D eigenvalue weighted by atomic mass is 16.4. The molecular weight excluding hydrogens is 244 g/mol. The first-order valence-corrected chi connectivity index (χ1v) is 6.44. The van der Waals surface area contributed by atoms with Gasteiger partial charge in [-0.05, 0) is 43.7 Å². The van der Waals surface area contributed by atoms with Crippen LogP contribution in [0.4, 0.5) is 5.69 Å². The minimum atomic E-state index is -0.963. The number of amides is 1. The lowest BCUT2D eigenvalue weighted by molar-refractivity contribution is -0.120. The summed E-state index contributed by atoms with van der Waals surface area (Å²) in [4.78, 5) is 24.6. The summed E-state index contributed by atoms with van der Waals surface area (Å²) in [7, 11) is 1.72. The van der Waals surface area contributed by atoms with Crippen molar-refractivity contribution in [3.63, 3.8) is 0 Å². The van der Waals surface area contributed by atoms with Crippen molar-refractivity contribution in [3.05, 3.63) is 29.8 Å². The standard InChI is InChI=1S/C14H18N2O3/c1-16(13(17)12-4-2-3-9-15-12)11-7-5-10(6-8-11)14(18)19/h5-8,12,15H,2-4,9H2,1H3,(H,18,19). The molecule has 0 radical (unpaired) electrons. The van der Waals surface area contributed by atoms with E-state index in [2.05, 4.69) is 5.32 Å². The van der Waals surface area contributed by atoms with E-state index in [1.54, 1.807) is 24.1 Å². The minimum Gasteiger partial charge on any atom is -0.478 e. The van der Waals surface area contributed by atoms with Crippen LogP contribution in [-0.2, 0) is 4.79 Å². The van der Waals surface area contributed by atoms with Crippen molar-refractivity contribution in [3.8, 4) is 0 Å². The molecule has 0 bridgehead atoms. The van der Waals surface area contributed by atoms with Gasteiger partial charge in [-0.25, -0.2) is 4.79 Å². The summed E-state index contributed by atoms with van der Waals surface area (Å²) >= 11 is 0. The van der Waals surface area contributed by atoms with Gasteiger partial charge < -0.3 is 15.3 Å². The molecule has 0 spiro atoms. The van der Waals surface area contributed by atoms with E-state index in [0.717, 1.165) is 25.8 Å². The van der Waals surface area contributed by atoms with Gasteiger partial charge in [-0.2, -0.15) is 0 Å². The van der Waals surface area contributed by atoms with Gasteiger partial charge in [0.2, 0.25) is 5.91 Å². The summed E-state index contributed by atoms with van der Waals surface area (Å²) < 4.78 is 0. The summed E-state index contributed by atoms with van der Waals surface area (Å²) in [6, 6.07) is 6.21. The van der Waals surface area contributed by atoms with Gasteiger partial charge in [-0.3, -0.25) is 4.79 Å². The molecule has 0 aromatic heterocycles. The highest BCUT2D eigenvalue weighted by Crippen LogP contribution is 2.17. The van der Waals surface area contributed by atoms with Crippen molar-refractivity contribution in [1.29, 1.82) is 0 Å². The number of carboxylic acids is 1. The Morgan fingerprint density at radius 2 is 1.95 bits per heavy atom. The van der Waals surface area contributed by atoms with Gasteiger partial charge in [0, 0.05) is 12.7 Å². The van der Waals surface area contributed by atoms with Crippen LogP contribution in [0.25, 0.3) is 0 Å². The number of hydrogen-bond donors (Lipinski definition) is 2. The number of carboxylic acid groups (broad SMARTS) is 1. The molecule has 1 aromatic carbocycles. The molecule has 1 atom stereocenters. The second-order valence-corrected chi connectivity index (χ2v) is 4.75. The maximum absolute atomic E-state index is 12.3. The zero-order chi connectivity index (χ0) is 13.8. The van der Waals surface area contributed by atoms with Gasteiger partial charge in [0.1, 0.15) is 0 Å². The molecule has 102 valence electrons. The van der Waals surface area contributed by atoms with Gasteiger partial charge in [0.05, 0.1) is 11.6 Å². The van der Waals surface area contributed by atoms with E-state index in [0.29, 0.717) is 5.69 Å². The van der Waals surface area contributed by atoms with Gasteiger partial charge in [0.15, 0.2) is 0 Å². The van der Waals surface area contributed by atoms with Crippen molar-refractivity contribution in [1.82, 2.24) is 5.32 Å². The molecule has 5 nitrogen and oxygen atoms in total. The number of rotatable bonds is 3. The highest BCUT2D eigenvalue weighted by Gasteiger charge is 2.24. The summed E-state index contributed by atoms with van der Waals surface area (Å²) in [6.07, 6.45) is 3.03. The first kappa shape index (κ1) is 13.5. The molecule has 1 unspecified atom stereocenters. The number of nitrogens with one attached hydrogen (secondary N) is 1. The Balaban J connectivity index is 2.07. The Kier molecular flexibility index (Phi) is 4.16. The average Bonchev–Trinajstić information content (AvgIpc) is 2.46. The van der Waals surface area contributed by atoms with E-state index in [1.165, 1.54) is 12.1 Å². The third-order valence-electron chi connectivity index (χ3n) is 3.44. The molecule has 19 heavy (non-hydrogen) atoms. The molecule has 1 heterocycles. The number of piperidine rings is 1. The van der Waals surface area contributed by atoms with Crippen molar-refractivity contribution in [2.75, 3.05) is 18.5 Å². The number of hydrogen-bond acceptors (Lipinski definition) is 3. The number of benzene rings is 1. The SMILES string of the molecule is CN(C(=O)C1CCCCN1)c1ccc(C(=O)O)cc1. The molecule has 1 saturated heterocycles. The lowest BCUT2D eigenvalue weighted by Gasteiger charge is -2.27. The number of carbonyl (C=O) groups is 2. The maximum atomic E-state index is 12.3. The van der Waals surface area contributed by atoms with E-state index in [9.17, 15) is 9.59 Å². The Bertz CT molecular complexity index is 464. The first-order valence-electron chi connectivity index (χ1n) is 6.44. The summed E-state index contributed by atoms with van der Waals surface area (Å²) in [6.45, 7) is 0.877. The fourth-order valence-corrected chi connectivity index (χ4v) is 2.25. The van der Waals surface area contributed by atoms with Crippen LogP contribution < -0.4 is 10.2 Å². The monoisotopic (exact) mass is 262 g/mol. The fourth-order valence-electron chi connectivity index (χ4n) is 2.25. The van der Waals surface area contributed by atoms with E-state index >= 15 is 0 Å². The average molecular weight is 262 g/mol. The van der Waals surface area contributed by atoms with Crippen LogP contribution in [0.2, 0.25) is 0 Å². The number of nitrogens with zero attached hydrogens (tertiary/aromatic N) is 1. The first-order chi connectivity index (χ1) is 9.09. The van der Waals surface area contributed by atoms with E-state index in [4.69, 9.17) is 5.11 Å². The smallest absolute Gasteiger partial charge is 0.335 e. The summed E-state index contributed by atoms with van der Waals surface area (Å²) in [5.74, 6) is -0.933. The third-order valence-corrected chi connectivity index (χ3v) is 3.44. The van der Waals surface area contributed by atoms with E-state index in [-0.39, 0.29) is 17.5 Å². The van der Waals surface area contributed by atoms with E-state index < -0.39 is 5.97 Å². The lowest BCUT2D eigenvalue weighted by Crippen LogP contribution is -2.47. The lowest BCUT2D eigenvalue weighted by atomic mass is 10.0. The quantitative estimate of drug-likeness (QED) is 0.866. The van der Waals surface area contributed by atoms with Crippen LogP contribution in [0.15, 0.2) is 24.3 Å². The molecule has 1 aliphatic heterocycles. The van der Waals surface area contributed by atoms with Crippen LogP contribution in [0, 0.1) is 0 Å². The Morgan fingerprint density at radius 3 is 2.47 bits per heavy atom. The van der Waals surface area contributed by atoms with Gasteiger partial charge >= 0.3 is 5.97 Å². The van der Waals surface area contributed by atoms with Gasteiger partial charge in [-0.1, -0.05) is 6.42 Å². The van der Waals surface area contributed by atoms with Crippen molar-refractivity contribution in [2.24, 2.45) is 0 Å². The predicted octanol–water partition coefficient (Wildman–Crippen LogP) is 1.49. The molecule has 1 amide bonds. The highest BCUT2D eigenvalue weighted by molar-refractivity contribution is 5.97. The normalized spacial score (nSPS) is 18.9. The van der Waals surface area contributed by atoms with Crippen LogP contribution >= 0.6 is 0 Å². The molecule has 0 saturated carbocycles. The third kappa shape index (κ3) is 3.12. The molecule has 2 rings (SSSR count). The minimum absolute atomic E-state index is 0.0303. The largest absolute Gasteiger partial charge is 0.478 e. The Labute approximate surface area is 112 Å². The molecule has 1 fully saturated rings. The van der Waals surface area contributed by atoms with Gasteiger partial charge in [-0.15, -0.1) is 0 Å². The van der Waals surface area contributed by atoms with Crippen LogP contribution in [-0.4, -0.2) is 36.6 Å². The fraction of sp³-hybridized carbons (Fsp3) is 0.429. The van der Waals surface area contributed by atoms with Crippen LogP contribution in [0.1, 0.15) is 29.6 Å². The topological polar surface area (TPSA) is 69.6 Å². The second-order valence-electron chi connectivity index (χ2n) is 4.75. The molecule has 1 aliphatic rings. The maximum Gasteiger partial charge on any atom is 0.335 e. The molecular formula is C14H18N2O3. The van der Waals surface area contributed by atoms with E-state index in [1.807, 2.05) is 0 Å². The Morgan fingerprint density at radius 1 is 1.26 bits per heavy atom. The number of anilines is 1. The number of aromatic carboxylic acids is 1. The summed E-state index contributed by atoms with van der Waals surface area (Å²) in [5.41, 5.74) is 0.933. The summed E-state index contributed by atoms with van der Waals surface area (Å²) in [5, 5.41) is 12.1. The van der Waals surface area contributed by atoms with Gasteiger partial charge in [0.25, 0.3) is 0 Å². The second kappa shape index (κ2) is 5.84. The van der Waals surface area contributed by atoms with Crippen molar-refractivity contribution < 1.29 is 14.7 Å². The van der Waals surface area contributed by atoms with Crippen LogP contribution in [0.5, 0.6) is 0 Å². The molecule has 1 aromatic rings. The Hall–Kier alpha value is -1.88. The zero-order valence-electron chi connectivity index (χ0n) is 10.9.